The normalized spacial score (nSPS) is 10.4. The molecule has 0 radical (unpaired) electrons. The van der Waals surface area contributed by atoms with Crippen LogP contribution in [0.5, 0.6) is 0 Å². The molecular weight excluding hydrogens is 228 g/mol. The van der Waals surface area contributed by atoms with E-state index in [2.05, 4.69) is 44.6 Å². The van der Waals surface area contributed by atoms with E-state index in [1.165, 1.54) is 55.9 Å². The minimum absolute atomic E-state index is 1.25. The maximum absolute atomic E-state index is 2.27. The number of amidine groups is 1. The predicted molar refractivity (Wildman–Crippen MR) is 81.3 cm³/mol. The van der Waals surface area contributed by atoms with Gasteiger partial charge in [-0.2, -0.15) is 0 Å². The molecule has 0 unspecified atom stereocenters. The SMILES string of the molecule is CCCCCCCCCSC(N(C)C)=[N+](C)C. The van der Waals surface area contributed by atoms with Crippen LogP contribution in [0.25, 0.3) is 0 Å². The molecule has 0 rings (SSSR count). The molecule has 0 aliphatic carbocycles. The van der Waals surface area contributed by atoms with Gasteiger partial charge in [0.05, 0.1) is 28.2 Å². The molecule has 102 valence electrons. The van der Waals surface area contributed by atoms with E-state index in [0.29, 0.717) is 0 Å². The van der Waals surface area contributed by atoms with E-state index >= 15 is 0 Å². The number of hydrogen-bond acceptors (Lipinski definition) is 1. The number of hydrogen-bond donors (Lipinski definition) is 0. The van der Waals surface area contributed by atoms with Crippen molar-refractivity contribution in [1.82, 2.24) is 4.90 Å². The van der Waals surface area contributed by atoms with Gasteiger partial charge in [-0.1, -0.05) is 45.4 Å². The molecule has 0 saturated carbocycles. The Morgan fingerprint density at radius 2 is 1.47 bits per heavy atom. The van der Waals surface area contributed by atoms with Gasteiger partial charge in [-0.15, -0.1) is 0 Å². The lowest BCUT2D eigenvalue weighted by atomic mass is 10.1. The summed E-state index contributed by atoms with van der Waals surface area (Å²) in [7, 11) is 8.47. The summed E-state index contributed by atoms with van der Waals surface area (Å²) in [6.07, 6.45) is 9.77. The van der Waals surface area contributed by atoms with E-state index in [1.54, 1.807) is 0 Å². The van der Waals surface area contributed by atoms with Gasteiger partial charge in [0, 0.05) is 5.75 Å². The Morgan fingerprint density at radius 3 is 1.94 bits per heavy atom. The predicted octanol–water partition coefficient (Wildman–Crippen LogP) is 3.66. The fourth-order valence-electron chi connectivity index (χ4n) is 1.88. The standard InChI is InChI=1S/C14H31N2S/c1-6-7-8-9-10-11-12-13-17-14(15(2)3)16(4)5/h6-13H2,1-5H3/q+1. The third-order valence-corrected chi connectivity index (χ3v) is 4.23. The number of unbranched alkanes of at least 4 members (excludes halogenated alkanes) is 6. The highest BCUT2D eigenvalue weighted by atomic mass is 32.2. The molecule has 0 fully saturated rings. The third kappa shape index (κ3) is 9.51. The molecule has 0 spiro atoms. The van der Waals surface area contributed by atoms with Crippen LogP contribution in [-0.2, 0) is 0 Å². The number of thioether (sulfide) groups is 1. The van der Waals surface area contributed by atoms with E-state index < -0.39 is 0 Å². The molecule has 3 heteroatoms. The molecule has 0 aromatic rings. The summed E-state index contributed by atoms with van der Waals surface area (Å²) in [5, 5.41) is 1.36. The molecule has 0 saturated heterocycles. The average molecular weight is 259 g/mol. The van der Waals surface area contributed by atoms with Crippen molar-refractivity contribution in [3.63, 3.8) is 0 Å². The Balaban J connectivity index is 3.48. The molecule has 0 atom stereocenters. The zero-order valence-corrected chi connectivity index (χ0v) is 13.3. The molecule has 0 bridgehead atoms. The van der Waals surface area contributed by atoms with Crippen molar-refractivity contribution in [3.05, 3.63) is 0 Å². The van der Waals surface area contributed by atoms with Crippen LogP contribution >= 0.6 is 11.8 Å². The van der Waals surface area contributed by atoms with Gasteiger partial charge in [0.15, 0.2) is 0 Å². The zero-order chi connectivity index (χ0) is 13.1. The monoisotopic (exact) mass is 259 g/mol. The molecule has 0 N–H and O–H groups in total. The summed E-state index contributed by atoms with van der Waals surface area (Å²) in [6.45, 7) is 2.27. The molecule has 0 aliphatic rings. The van der Waals surface area contributed by atoms with E-state index in [1.807, 2.05) is 11.8 Å². The Bertz CT molecular complexity index is 208. The van der Waals surface area contributed by atoms with Gasteiger partial charge in [-0.05, 0) is 18.2 Å². The summed E-state index contributed by atoms with van der Waals surface area (Å²) in [5.74, 6) is 1.25. The Labute approximate surface area is 112 Å². The van der Waals surface area contributed by atoms with Gasteiger partial charge in [0.25, 0.3) is 0 Å². The molecule has 0 aromatic heterocycles. The van der Waals surface area contributed by atoms with Crippen molar-refractivity contribution in [3.8, 4) is 0 Å². The van der Waals surface area contributed by atoms with Gasteiger partial charge in [0.2, 0.25) is 0 Å². The summed E-state index contributed by atoms with van der Waals surface area (Å²) >= 11 is 1.97. The van der Waals surface area contributed by atoms with Crippen LogP contribution in [0, 0.1) is 0 Å². The van der Waals surface area contributed by atoms with Gasteiger partial charge in [0.1, 0.15) is 0 Å². The zero-order valence-electron chi connectivity index (χ0n) is 12.5. The van der Waals surface area contributed by atoms with E-state index in [-0.39, 0.29) is 0 Å². The Morgan fingerprint density at radius 1 is 0.941 bits per heavy atom. The van der Waals surface area contributed by atoms with Gasteiger partial charge in [-0.25, -0.2) is 0 Å². The second-order valence-electron chi connectivity index (χ2n) is 5.04. The Hall–Kier alpha value is -0.180. The largest absolute Gasteiger partial charge is 0.307 e. The van der Waals surface area contributed by atoms with Crippen LogP contribution < -0.4 is 0 Å². The minimum atomic E-state index is 1.25. The first kappa shape index (κ1) is 16.8. The highest BCUT2D eigenvalue weighted by molar-refractivity contribution is 8.13. The Kier molecular flexibility index (Phi) is 10.8. The van der Waals surface area contributed by atoms with Crippen LogP contribution in [0.2, 0.25) is 0 Å². The first-order valence-corrected chi connectivity index (χ1v) is 7.92. The summed E-state index contributed by atoms with van der Waals surface area (Å²) in [6, 6.07) is 0. The summed E-state index contributed by atoms with van der Waals surface area (Å²) in [5.41, 5.74) is 0. The van der Waals surface area contributed by atoms with Crippen LogP contribution in [-0.4, -0.2) is 48.6 Å². The van der Waals surface area contributed by atoms with Crippen molar-refractivity contribution in [1.29, 1.82) is 0 Å². The number of rotatable bonds is 8. The molecule has 0 aromatic carbocycles. The molecule has 17 heavy (non-hydrogen) atoms. The van der Waals surface area contributed by atoms with Gasteiger partial charge < -0.3 is 0 Å². The average Bonchev–Trinajstić information content (AvgIpc) is 2.26. The first-order chi connectivity index (χ1) is 8.09. The van der Waals surface area contributed by atoms with Gasteiger partial charge >= 0.3 is 5.17 Å². The lowest BCUT2D eigenvalue weighted by Gasteiger charge is -2.10. The third-order valence-electron chi connectivity index (χ3n) is 2.74. The second kappa shape index (κ2) is 10.9. The maximum atomic E-state index is 2.27. The minimum Gasteiger partial charge on any atom is -0.262 e. The summed E-state index contributed by atoms with van der Waals surface area (Å²) < 4.78 is 2.20. The fourth-order valence-corrected chi connectivity index (χ4v) is 2.93. The van der Waals surface area contributed by atoms with Crippen LogP contribution in [0.1, 0.15) is 51.9 Å². The van der Waals surface area contributed by atoms with E-state index in [9.17, 15) is 0 Å². The molecule has 2 nitrogen and oxygen atoms in total. The van der Waals surface area contributed by atoms with Gasteiger partial charge in [-0.3, -0.25) is 9.48 Å². The van der Waals surface area contributed by atoms with Crippen molar-refractivity contribution >= 4 is 16.9 Å². The maximum Gasteiger partial charge on any atom is 0.307 e. The fraction of sp³-hybridized carbons (Fsp3) is 0.929. The molecule has 0 aliphatic heterocycles. The van der Waals surface area contributed by atoms with Crippen molar-refractivity contribution in [2.45, 2.75) is 51.9 Å². The highest BCUT2D eigenvalue weighted by Crippen LogP contribution is 2.12. The smallest absolute Gasteiger partial charge is 0.262 e. The van der Waals surface area contributed by atoms with Crippen molar-refractivity contribution < 1.29 is 4.58 Å². The van der Waals surface area contributed by atoms with E-state index in [4.69, 9.17) is 0 Å². The lowest BCUT2D eigenvalue weighted by Crippen LogP contribution is -2.26. The molecule has 0 heterocycles. The van der Waals surface area contributed by atoms with E-state index in [0.717, 1.165) is 0 Å². The summed E-state index contributed by atoms with van der Waals surface area (Å²) in [4.78, 5) is 2.20. The van der Waals surface area contributed by atoms with Crippen molar-refractivity contribution in [2.24, 2.45) is 0 Å². The molecule has 0 amide bonds. The van der Waals surface area contributed by atoms with Crippen molar-refractivity contribution in [2.75, 3.05) is 33.9 Å². The molecular formula is C14H31N2S+. The topological polar surface area (TPSA) is 6.25 Å². The lowest BCUT2D eigenvalue weighted by molar-refractivity contribution is -0.466. The highest BCUT2D eigenvalue weighted by Gasteiger charge is 2.11. The van der Waals surface area contributed by atoms with Crippen LogP contribution in [0.15, 0.2) is 0 Å². The first-order valence-electron chi connectivity index (χ1n) is 6.94. The second-order valence-corrected chi connectivity index (χ2v) is 6.10. The van der Waals surface area contributed by atoms with Crippen LogP contribution in [0.3, 0.4) is 0 Å². The quantitative estimate of drug-likeness (QED) is 0.284. The number of nitrogens with zero attached hydrogens (tertiary/aromatic N) is 2. The van der Waals surface area contributed by atoms with Crippen LogP contribution in [0.4, 0.5) is 0 Å².